The molecule has 0 unspecified atom stereocenters. The lowest BCUT2D eigenvalue weighted by Gasteiger charge is -2.25. The average molecular weight is 474 g/mol. The van der Waals surface area contributed by atoms with E-state index in [-0.39, 0.29) is 29.8 Å². The van der Waals surface area contributed by atoms with Crippen LogP contribution in [-0.4, -0.2) is 26.8 Å². The number of carbonyl (C=O) groups is 2. The number of halogens is 1. The smallest absolute Gasteiger partial charge is 0.342 e. The van der Waals surface area contributed by atoms with Crippen LogP contribution < -0.4 is 10.6 Å². The normalized spacial score (nSPS) is 13.3. The third-order valence-corrected chi connectivity index (χ3v) is 6.06. The molecular weight excluding hydrogens is 451 g/mol. The molecule has 2 aromatic carbocycles. The summed E-state index contributed by atoms with van der Waals surface area (Å²) in [6, 6.07) is 15.3. The molecule has 1 fully saturated rings. The number of hydrogen-bond donors (Lipinski definition) is 3. The Bertz CT molecular complexity index is 1380. The molecule has 1 saturated carbocycles. The average Bonchev–Trinajstić information content (AvgIpc) is 3.47. The van der Waals surface area contributed by atoms with Crippen molar-refractivity contribution < 1.29 is 23.5 Å². The van der Waals surface area contributed by atoms with Gasteiger partial charge in [-0.3, -0.25) is 4.79 Å². The number of amides is 2. The monoisotopic (exact) mass is 474 g/mol. The summed E-state index contributed by atoms with van der Waals surface area (Å²) >= 11 is 0. The van der Waals surface area contributed by atoms with Gasteiger partial charge in [-0.15, -0.1) is 0 Å². The molecule has 0 saturated heterocycles. The molecule has 2 aromatic heterocycles. The maximum Gasteiger partial charge on any atom is 0.342 e. The largest absolute Gasteiger partial charge is 0.507 e. The first-order valence-electron chi connectivity index (χ1n) is 11.3. The summed E-state index contributed by atoms with van der Waals surface area (Å²) in [7, 11) is 0. The summed E-state index contributed by atoms with van der Waals surface area (Å²) in [5.41, 5.74) is 2.66. The fourth-order valence-electron chi connectivity index (χ4n) is 4.01. The number of aromatic nitrogens is 2. The molecule has 8 nitrogen and oxygen atoms in total. The highest BCUT2D eigenvalue weighted by Gasteiger charge is 2.27. The number of hydrogen-bond acceptors (Lipinski definition) is 5. The first kappa shape index (κ1) is 22.4. The first-order valence-corrected chi connectivity index (χ1v) is 11.3. The van der Waals surface area contributed by atoms with Gasteiger partial charge in [0, 0.05) is 29.8 Å². The van der Waals surface area contributed by atoms with Crippen molar-refractivity contribution in [2.75, 3.05) is 5.32 Å². The zero-order valence-corrected chi connectivity index (χ0v) is 18.7. The van der Waals surface area contributed by atoms with Crippen LogP contribution in [0.15, 0.2) is 71.3 Å². The Morgan fingerprint density at radius 3 is 2.66 bits per heavy atom. The molecule has 0 bridgehead atoms. The first-order chi connectivity index (χ1) is 17.0. The molecule has 1 aliphatic rings. The van der Waals surface area contributed by atoms with E-state index in [4.69, 9.17) is 4.42 Å². The molecule has 1 aliphatic carbocycles. The molecule has 0 aliphatic heterocycles. The highest BCUT2D eigenvalue weighted by atomic mass is 19.1. The molecule has 9 heteroatoms. The Morgan fingerprint density at radius 2 is 1.97 bits per heavy atom. The maximum absolute atomic E-state index is 13.5. The van der Waals surface area contributed by atoms with Gasteiger partial charge in [-0.25, -0.2) is 9.18 Å². The zero-order chi connectivity index (χ0) is 24.4. The Balaban J connectivity index is 1.37. The highest BCUT2D eigenvalue weighted by molar-refractivity contribution is 6.02. The van der Waals surface area contributed by atoms with E-state index >= 15 is 0 Å². The van der Waals surface area contributed by atoms with Crippen LogP contribution in [0.1, 0.15) is 47.0 Å². The van der Waals surface area contributed by atoms with Gasteiger partial charge in [-0.05, 0) is 60.9 Å². The maximum atomic E-state index is 13.5. The minimum Gasteiger partial charge on any atom is -0.507 e. The molecule has 0 radical (unpaired) electrons. The van der Waals surface area contributed by atoms with Crippen molar-refractivity contribution >= 4 is 17.6 Å². The molecule has 35 heavy (non-hydrogen) atoms. The molecule has 178 valence electrons. The van der Waals surface area contributed by atoms with E-state index < -0.39 is 11.9 Å². The zero-order valence-electron chi connectivity index (χ0n) is 18.7. The minimum atomic E-state index is -0.436. The van der Waals surface area contributed by atoms with Gasteiger partial charge < -0.3 is 20.2 Å². The predicted molar refractivity (Wildman–Crippen MR) is 127 cm³/mol. The Morgan fingerprint density at radius 1 is 1.11 bits per heavy atom. The Hall–Kier alpha value is -4.40. The van der Waals surface area contributed by atoms with E-state index in [2.05, 4.69) is 15.7 Å². The summed E-state index contributed by atoms with van der Waals surface area (Å²) < 4.78 is 19.9. The summed E-state index contributed by atoms with van der Waals surface area (Å²) in [5.74, 6) is -0.541. The van der Waals surface area contributed by atoms with Crippen LogP contribution in [-0.2, 0) is 6.54 Å². The number of aromatic hydroxyl groups is 1. The topological polar surface area (TPSA) is 109 Å². The molecule has 2 amide bonds. The van der Waals surface area contributed by atoms with Gasteiger partial charge >= 0.3 is 6.03 Å². The quantitative estimate of drug-likeness (QED) is 0.353. The predicted octanol–water partition coefficient (Wildman–Crippen LogP) is 5.27. The van der Waals surface area contributed by atoms with E-state index in [9.17, 15) is 19.1 Å². The summed E-state index contributed by atoms with van der Waals surface area (Å²) in [4.78, 5) is 25.2. The molecular formula is C26H23FN4O4. The number of benzene rings is 2. The number of carbonyl (C=O) groups excluding carboxylic acids is 2. The van der Waals surface area contributed by atoms with Crippen LogP contribution in [0.4, 0.5) is 14.9 Å². The Kier molecular flexibility index (Phi) is 6.05. The second-order valence-electron chi connectivity index (χ2n) is 8.45. The number of phenolic OH excluding ortho intramolecular Hbond substituents is 1. The number of nitrogens with zero attached hydrogens (tertiary/aromatic N) is 2. The van der Waals surface area contributed by atoms with E-state index in [0.29, 0.717) is 22.5 Å². The standard InChI is InChI=1S/C26H23FN4O4/c27-18-7-1-4-16(12-18)15-28-26(34)31-22(17-5-2-6-17)14-21(30-31)20-10-9-19(13-23(20)32)29-25(33)24-8-3-11-35-24/h1,3-4,7-14,17,32H,2,5-6,15H2,(H,28,34)(H,29,33). The van der Waals surface area contributed by atoms with Crippen molar-refractivity contribution in [2.24, 2.45) is 0 Å². The highest BCUT2D eigenvalue weighted by Crippen LogP contribution is 2.39. The molecule has 5 rings (SSSR count). The third kappa shape index (κ3) is 4.79. The van der Waals surface area contributed by atoms with E-state index in [1.54, 1.807) is 30.3 Å². The molecule has 4 aromatic rings. The van der Waals surface area contributed by atoms with Gasteiger partial charge in [0.15, 0.2) is 5.76 Å². The van der Waals surface area contributed by atoms with Crippen LogP contribution >= 0.6 is 0 Å². The molecule has 2 heterocycles. The van der Waals surface area contributed by atoms with Crippen LogP contribution in [0.2, 0.25) is 0 Å². The van der Waals surface area contributed by atoms with Crippen molar-refractivity contribution in [3.63, 3.8) is 0 Å². The fourth-order valence-corrected chi connectivity index (χ4v) is 4.01. The number of furan rings is 1. The third-order valence-electron chi connectivity index (χ3n) is 6.06. The van der Waals surface area contributed by atoms with Gasteiger partial charge in [0.05, 0.1) is 17.7 Å². The van der Waals surface area contributed by atoms with Crippen LogP contribution in [0.5, 0.6) is 5.75 Å². The number of anilines is 1. The lowest BCUT2D eigenvalue weighted by atomic mass is 9.82. The summed E-state index contributed by atoms with van der Waals surface area (Å²) in [6.45, 7) is 0.158. The SMILES string of the molecule is O=C(Nc1ccc(-c2cc(C3CCC3)n(C(=O)NCc3cccc(F)c3)n2)c(O)c1)c1ccco1. The lowest BCUT2D eigenvalue weighted by Crippen LogP contribution is -2.31. The fraction of sp³-hybridized carbons (Fsp3) is 0.192. The van der Waals surface area contributed by atoms with Crippen molar-refractivity contribution in [3.8, 4) is 17.0 Å². The second kappa shape index (κ2) is 9.46. The van der Waals surface area contributed by atoms with Crippen LogP contribution in [0.25, 0.3) is 11.3 Å². The minimum absolute atomic E-state index is 0.0905. The van der Waals surface area contributed by atoms with Gasteiger partial charge in [-0.2, -0.15) is 9.78 Å². The van der Waals surface area contributed by atoms with Crippen molar-refractivity contribution in [3.05, 3.63) is 89.8 Å². The Labute approximate surface area is 200 Å². The number of phenols is 1. The van der Waals surface area contributed by atoms with Crippen molar-refractivity contribution in [1.29, 1.82) is 0 Å². The number of rotatable bonds is 6. The van der Waals surface area contributed by atoms with E-state index in [1.807, 2.05) is 6.07 Å². The number of nitrogens with one attached hydrogen (secondary N) is 2. The van der Waals surface area contributed by atoms with Gasteiger partial charge in [0.2, 0.25) is 0 Å². The molecule has 3 N–H and O–H groups in total. The van der Waals surface area contributed by atoms with Crippen molar-refractivity contribution in [1.82, 2.24) is 15.1 Å². The van der Waals surface area contributed by atoms with E-state index in [1.165, 1.54) is 35.2 Å². The van der Waals surface area contributed by atoms with Crippen molar-refractivity contribution in [2.45, 2.75) is 31.7 Å². The molecule has 0 atom stereocenters. The van der Waals surface area contributed by atoms with Crippen LogP contribution in [0, 0.1) is 5.82 Å². The molecule has 0 spiro atoms. The second-order valence-corrected chi connectivity index (χ2v) is 8.45. The summed E-state index contributed by atoms with van der Waals surface area (Å²) in [5, 5.41) is 20.6. The van der Waals surface area contributed by atoms with Gasteiger partial charge in [0.25, 0.3) is 5.91 Å². The van der Waals surface area contributed by atoms with Gasteiger partial charge in [-0.1, -0.05) is 18.6 Å². The lowest BCUT2D eigenvalue weighted by molar-refractivity contribution is 0.0996. The van der Waals surface area contributed by atoms with E-state index in [0.717, 1.165) is 25.0 Å². The van der Waals surface area contributed by atoms with Crippen LogP contribution in [0.3, 0.4) is 0 Å². The van der Waals surface area contributed by atoms with Gasteiger partial charge in [0.1, 0.15) is 11.6 Å². The summed E-state index contributed by atoms with van der Waals surface area (Å²) in [6.07, 6.45) is 4.38.